The Morgan fingerprint density at radius 1 is 1.24 bits per heavy atom. The molecule has 21 heavy (non-hydrogen) atoms. The maximum absolute atomic E-state index is 9.98. The van der Waals surface area contributed by atoms with Crippen molar-refractivity contribution in [1.82, 2.24) is 4.98 Å². The van der Waals surface area contributed by atoms with Gasteiger partial charge in [-0.15, -0.1) is 0 Å². The summed E-state index contributed by atoms with van der Waals surface area (Å²) in [5.41, 5.74) is 1.68. The molecule has 5 nitrogen and oxygen atoms in total. The number of pyridine rings is 1. The van der Waals surface area contributed by atoms with E-state index in [9.17, 15) is 5.11 Å². The van der Waals surface area contributed by atoms with Gasteiger partial charge in [-0.3, -0.25) is 0 Å². The van der Waals surface area contributed by atoms with Crippen LogP contribution in [0, 0.1) is 0 Å². The standard InChI is InChI=1S/C16H21N3O2/c1-11(14-9-13(21-4)6-7-15(14)20)18-12-5-8-16(17-10-12)19(2)3/h5-11,18,20H,1-4H3. The van der Waals surface area contributed by atoms with Gasteiger partial charge in [0.05, 0.1) is 25.0 Å². The number of aromatic nitrogens is 1. The first-order chi connectivity index (χ1) is 10.0. The first-order valence-corrected chi connectivity index (χ1v) is 6.78. The van der Waals surface area contributed by atoms with Crippen LogP contribution in [-0.4, -0.2) is 31.3 Å². The highest BCUT2D eigenvalue weighted by atomic mass is 16.5. The molecule has 1 heterocycles. The zero-order chi connectivity index (χ0) is 15.4. The fourth-order valence-corrected chi connectivity index (χ4v) is 2.07. The maximum atomic E-state index is 9.98. The SMILES string of the molecule is COc1ccc(O)c(C(C)Nc2ccc(N(C)C)nc2)c1. The monoisotopic (exact) mass is 287 g/mol. The number of nitrogens with one attached hydrogen (secondary N) is 1. The van der Waals surface area contributed by atoms with Crippen LogP contribution in [0.5, 0.6) is 11.5 Å². The van der Waals surface area contributed by atoms with Gasteiger partial charge < -0.3 is 20.1 Å². The molecule has 5 heteroatoms. The van der Waals surface area contributed by atoms with E-state index in [1.807, 2.05) is 44.1 Å². The van der Waals surface area contributed by atoms with Gasteiger partial charge in [0.2, 0.25) is 0 Å². The third-order valence-corrected chi connectivity index (χ3v) is 3.29. The Morgan fingerprint density at radius 2 is 2.00 bits per heavy atom. The average molecular weight is 287 g/mol. The molecular formula is C16H21N3O2. The second kappa shape index (κ2) is 6.35. The molecule has 1 aromatic carbocycles. The molecule has 0 saturated carbocycles. The van der Waals surface area contributed by atoms with E-state index >= 15 is 0 Å². The Hall–Kier alpha value is -2.43. The van der Waals surface area contributed by atoms with Crippen LogP contribution in [0.15, 0.2) is 36.5 Å². The fraction of sp³-hybridized carbons (Fsp3) is 0.312. The van der Waals surface area contributed by atoms with E-state index < -0.39 is 0 Å². The molecule has 2 rings (SSSR count). The third kappa shape index (κ3) is 3.56. The van der Waals surface area contributed by atoms with E-state index in [0.29, 0.717) is 0 Å². The Bertz CT molecular complexity index is 597. The lowest BCUT2D eigenvalue weighted by Gasteiger charge is -2.18. The van der Waals surface area contributed by atoms with E-state index in [1.54, 1.807) is 25.4 Å². The topological polar surface area (TPSA) is 57.6 Å². The molecule has 0 saturated heterocycles. The van der Waals surface area contributed by atoms with E-state index in [-0.39, 0.29) is 11.8 Å². The van der Waals surface area contributed by atoms with Crippen molar-refractivity contribution in [2.45, 2.75) is 13.0 Å². The number of ether oxygens (including phenoxy) is 1. The highest BCUT2D eigenvalue weighted by Crippen LogP contribution is 2.30. The number of methoxy groups -OCH3 is 1. The first kappa shape index (κ1) is 15.0. The zero-order valence-electron chi connectivity index (χ0n) is 12.8. The van der Waals surface area contributed by atoms with Crippen LogP contribution < -0.4 is 15.0 Å². The summed E-state index contributed by atoms with van der Waals surface area (Å²) in [6.45, 7) is 1.98. The lowest BCUT2D eigenvalue weighted by atomic mass is 10.1. The predicted molar refractivity (Wildman–Crippen MR) is 85.3 cm³/mol. The molecule has 0 spiro atoms. The minimum Gasteiger partial charge on any atom is -0.508 e. The molecular weight excluding hydrogens is 266 g/mol. The average Bonchev–Trinajstić information content (AvgIpc) is 2.48. The molecule has 112 valence electrons. The Morgan fingerprint density at radius 3 is 2.57 bits per heavy atom. The lowest BCUT2D eigenvalue weighted by molar-refractivity contribution is 0.410. The first-order valence-electron chi connectivity index (χ1n) is 6.78. The normalized spacial score (nSPS) is 11.8. The number of hydrogen-bond donors (Lipinski definition) is 2. The summed E-state index contributed by atoms with van der Waals surface area (Å²) in [5.74, 6) is 1.86. The van der Waals surface area contributed by atoms with Crippen molar-refractivity contribution >= 4 is 11.5 Å². The van der Waals surface area contributed by atoms with Gasteiger partial charge in [-0.1, -0.05) is 0 Å². The van der Waals surface area contributed by atoms with Crippen LogP contribution in [0.3, 0.4) is 0 Å². The smallest absolute Gasteiger partial charge is 0.128 e. The van der Waals surface area contributed by atoms with Crippen molar-refractivity contribution in [3.8, 4) is 11.5 Å². The minimum absolute atomic E-state index is 0.0629. The summed E-state index contributed by atoms with van der Waals surface area (Å²) in [4.78, 5) is 6.30. The molecule has 1 unspecified atom stereocenters. The van der Waals surface area contributed by atoms with Gasteiger partial charge in [-0.25, -0.2) is 4.98 Å². The van der Waals surface area contributed by atoms with Crippen molar-refractivity contribution in [2.75, 3.05) is 31.4 Å². The summed E-state index contributed by atoms with van der Waals surface area (Å²) in [5, 5.41) is 13.3. The number of hydrogen-bond acceptors (Lipinski definition) is 5. The summed E-state index contributed by atoms with van der Waals surface area (Å²) in [6, 6.07) is 9.05. The number of anilines is 2. The van der Waals surface area contributed by atoms with Crippen molar-refractivity contribution in [2.24, 2.45) is 0 Å². The Balaban J connectivity index is 2.15. The van der Waals surface area contributed by atoms with Gasteiger partial charge >= 0.3 is 0 Å². The third-order valence-electron chi connectivity index (χ3n) is 3.29. The summed E-state index contributed by atoms with van der Waals surface area (Å²) < 4.78 is 5.20. The van der Waals surface area contributed by atoms with E-state index in [2.05, 4.69) is 10.3 Å². The molecule has 0 amide bonds. The molecule has 1 atom stereocenters. The van der Waals surface area contributed by atoms with Crippen molar-refractivity contribution in [3.63, 3.8) is 0 Å². The van der Waals surface area contributed by atoms with Crippen molar-refractivity contribution in [1.29, 1.82) is 0 Å². The highest BCUT2D eigenvalue weighted by molar-refractivity contribution is 5.51. The minimum atomic E-state index is -0.0629. The molecule has 0 bridgehead atoms. The number of aromatic hydroxyl groups is 1. The second-order valence-corrected chi connectivity index (χ2v) is 5.09. The van der Waals surface area contributed by atoms with E-state index in [1.165, 1.54) is 0 Å². The zero-order valence-corrected chi connectivity index (χ0v) is 12.8. The molecule has 0 aliphatic carbocycles. The number of phenolic OH excluding ortho intramolecular Hbond substituents is 1. The Labute approximate surface area is 125 Å². The van der Waals surface area contributed by atoms with E-state index in [0.717, 1.165) is 22.8 Å². The molecule has 1 aromatic heterocycles. The van der Waals surface area contributed by atoms with Crippen LogP contribution in [0.2, 0.25) is 0 Å². The van der Waals surface area contributed by atoms with Gasteiger partial charge in [-0.05, 0) is 37.3 Å². The van der Waals surface area contributed by atoms with Crippen LogP contribution >= 0.6 is 0 Å². The summed E-state index contributed by atoms with van der Waals surface area (Å²) in [7, 11) is 5.51. The summed E-state index contributed by atoms with van der Waals surface area (Å²) >= 11 is 0. The highest BCUT2D eigenvalue weighted by Gasteiger charge is 2.12. The van der Waals surface area contributed by atoms with Gasteiger partial charge in [0.25, 0.3) is 0 Å². The van der Waals surface area contributed by atoms with Crippen LogP contribution in [0.25, 0.3) is 0 Å². The predicted octanol–water partition coefficient (Wildman–Crippen LogP) is 3.03. The van der Waals surface area contributed by atoms with Crippen LogP contribution in [0.4, 0.5) is 11.5 Å². The quantitative estimate of drug-likeness (QED) is 0.885. The van der Waals surface area contributed by atoms with Gasteiger partial charge in [0.15, 0.2) is 0 Å². The molecule has 0 aliphatic heterocycles. The molecule has 0 fully saturated rings. The number of rotatable bonds is 5. The van der Waals surface area contributed by atoms with Crippen molar-refractivity contribution in [3.05, 3.63) is 42.1 Å². The Kier molecular flexibility index (Phi) is 4.52. The number of phenols is 1. The fourth-order valence-electron chi connectivity index (χ4n) is 2.07. The van der Waals surface area contributed by atoms with Gasteiger partial charge in [0, 0.05) is 19.7 Å². The lowest BCUT2D eigenvalue weighted by Crippen LogP contribution is -2.11. The molecule has 2 N–H and O–H groups in total. The maximum Gasteiger partial charge on any atom is 0.128 e. The van der Waals surface area contributed by atoms with Crippen molar-refractivity contribution < 1.29 is 9.84 Å². The molecule has 2 aromatic rings. The largest absolute Gasteiger partial charge is 0.508 e. The van der Waals surface area contributed by atoms with Gasteiger partial charge in [-0.2, -0.15) is 0 Å². The second-order valence-electron chi connectivity index (χ2n) is 5.09. The van der Waals surface area contributed by atoms with E-state index in [4.69, 9.17) is 4.74 Å². The molecule has 0 aliphatic rings. The molecule has 0 radical (unpaired) electrons. The summed E-state index contributed by atoms with van der Waals surface area (Å²) in [6.07, 6.45) is 1.78. The van der Waals surface area contributed by atoms with Gasteiger partial charge in [0.1, 0.15) is 17.3 Å². The van der Waals surface area contributed by atoms with Crippen LogP contribution in [0.1, 0.15) is 18.5 Å². The number of benzene rings is 1. The number of nitrogens with zero attached hydrogens (tertiary/aromatic N) is 2. The van der Waals surface area contributed by atoms with Crippen LogP contribution in [-0.2, 0) is 0 Å².